The van der Waals surface area contributed by atoms with Gasteiger partial charge in [0.25, 0.3) is 0 Å². The number of rotatable bonds is 5. The van der Waals surface area contributed by atoms with Crippen molar-refractivity contribution in [3.05, 3.63) is 45.2 Å². The fourth-order valence-electron chi connectivity index (χ4n) is 1.64. The molecule has 8 heteroatoms. The molecule has 1 aromatic heterocycles. The summed E-state index contributed by atoms with van der Waals surface area (Å²) in [5.74, 6) is 0.351. The Morgan fingerprint density at radius 2 is 2.10 bits per heavy atom. The first-order valence-electron chi connectivity index (χ1n) is 5.87. The number of aromatic nitrogens is 2. The van der Waals surface area contributed by atoms with E-state index in [-0.39, 0.29) is 17.3 Å². The van der Waals surface area contributed by atoms with Crippen LogP contribution in [-0.4, -0.2) is 21.4 Å². The number of hydrogen-bond donors (Lipinski definition) is 2. The van der Waals surface area contributed by atoms with Gasteiger partial charge < -0.3 is 10.6 Å². The summed E-state index contributed by atoms with van der Waals surface area (Å²) in [5, 5.41) is 17.0. The fraction of sp³-hybridized carbons (Fsp3) is 0.167. The van der Waals surface area contributed by atoms with Crippen LogP contribution in [0.5, 0.6) is 0 Å². The molecule has 0 saturated carbocycles. The second-order valence-electron chi connectivity index (χ2n) is 3.84. The fourth-order valence-corrected chi connectivity index (χ4v) is 2.04. The van der Waals surface area contributed by atoms with Crippen LogP contribution in [0.2, 0.25) is 0 Å². The number of anilines is 3. The van der Waals surface area contributed by atoms with Crippen molar-refractivity contribution in [1.82, 2.24) is 9.97 Å². The first kappa shape index (κ1) is 14.2. The molecule has 0 aliphatic carbocycles. The van der Waals surface area contributed by atoms with Gasteiger partial charge in [-0.15, -0.1) is 0 Å². The Balaban J connectivity index is 2.40. The summed E-state index contributed by atoms with van der Waals surface area (Å²) in [7, 11) is 0. The van der Waals surface area contributed by atoms with Crippen molar-refractivity contribution < 1.29 is 4.92 Å². The molecule has 0 bridgehead atoms. The van der Waals surface area contributed by atoms with Crippen LogP contribution in [0.1, 0.15) is 6.92 Å². The maximum Gasteiger partial charge on any atom is 0.353 e. The molecule has 0 atom stereocenters. The Bertz CT molecular complexity index is 635. The van der Waals surface area contributed by atoms with E-state index in [0.717, 1.165) is 4.47 Å². The molecule has 20 heavy (non-hydrogen) atoms. The molecule has 0 radical (unpaired) electrons. The van der Waals surface area contributed by atoms with Gasteiger partial charge in [0.2, 0.25) is 11.6 Å². The summed E-state index contributed by atoms with van der Waals surface area (Å²) in [6.07, 6.45) is 1.28. The second kappa shape index (κ2) is 6.29. The molecule has 7 nitrogen and oxygen atoms in total. The van der Waals surface area contributed by atoms with Gasteiger partial charge in [0, 0.05) is 16.7 Å². The average Bonchev–Trinajstić information content (AvgIpc) is 2.39. The van der Waals surface area contributed by atoms with Crippen molar-refractivity contribution in [3.63, 3.8) is 0 Å². The molecular formula is C12H12BrN5O2. The Labute approximate surface area is 123 Å². The lowest BCUT2D eigenvalue weighted by atomic mass is 10.3. The zero-order valence-electron chi connectivity index (χ0n) is 10.6. The minimum Gasteiger partial charge on any atom is -0.364 e. The van der Waals surface area contributed by atoms with Crippen molar-refractivity contribution in [2.75, 3.05) is 17.2 Å². The van der Waals surface area contributed by atoms with Gasteiger partial charge >= 0.3 is 5.69 Å². The van der Waals surface area contributed by atoms with E-state index in [1.807, 2.05) is 19.1 Å². The zero-order valence-corrected chi connectivity index (χ0v) is 12.2. The van der Waals surface area contributed by atoms with Gasteiger partial charge in [-0.05, 0) is 25.1 Å². The van der Waals surface area contributed by atoms with Crippen LogP contribution in [0.25, 0.3) is 0 Å². The van der Waals surface area contributed by atoms with Gasteiger partial charge in [0.1, 0.15) is 6.33 Å². The first-order chi connectivity index (χ1) is 9.61. The predicted octanol–water partition coefficient (Wildman–Crippen LogP) is 3.32. The van der Waals surface area contributed by atoms with Gasteiger partial charge in [-0.25, -0.2) is 9.97 Å². The molecule has 0 unspecified atom stereocenters. The molecule has 0 spiro atoms. The van der Waals surface area contributed by atoms with Gasteiger partial charge in [0.15, 0.2) is 0 Å². The van der Waals surface area contributed by atoms with Gasteiger partial charge in [-0.2, -0.15) is 0 Å². The van der Waals surface area contributed by atoms with Crippen LogP contribution in [0.4, 0.5) is 23.0 Å². The van der Waals surface area contributed by atoms with E-state index in [0.29, 0.717) is 12.2 Å². The van der Waals surface area contributed by atoms with Gasteiger partial charge in [-0.1, -0.05) is 22.0 Å². The number of benzene rings is 1. The van der Waals surface area contributed by atoms with Crippen LogP contribution in [-0.2, 0) is 0 Å². The topological polar surface area (TPSA) is 93.0 Å². The summed E-state index contributed by atoms with van der Waals surface area (Å²) in [4.78, 5) is 18.6. The third-order valence-corrected chi connectivity index (χ3v) is 2.93. The second-order valence-corrected chi connectivity index (χ2v) is 4.76. The highest BCUT2D eigenvalue weighted by molar-refractivity contribution is 9.10. The summed E-state index contributed by atoms with van der Waals surface area (Å²) in [6, 6.07) is 7.29. The lowest BCUT2D eigenvalue weighted by Crippen LogP contribution is -2.07. The molecule has 1 aromatic carbocycles. The number of nitrogens with zero attached hydrogens (tertiary/aromatic N) is 3. The third kappa shape index (κ3) is 3.21. The summed E-state index contributed by atoms with van der Waals surface area (Å²) in [6.45, 7) is 2.38. The normalized spacial score (nSPS) is 10.1. The summed E-state index contributed by atoms with van der Waals surface area (Å²) in [5.41, 5.74) is 0.526. The van der Waals surface area contributed by atoms with E-state index < -0.39 is 4.92 Å². The van der Waals surface area contributed by atoms with E-state index in [2.05, 4.69) is 36.5 Å². The molecule has 0 aliphatic rings. The minimum atomic E-state index is -0.502. The summed E-state index contributed by atoms with van der Waals surface area (Å²) < 4.78 is 0.867. The highest BCUT2D eigenvalue weighted by atomic mass is 79.9. The van der Waals surface area contributed by atoms with Crippen molar-refractivity contribution >= 4 is 38.9 Å². The van der Waals surface area contributed by atoms with Crippen LogP contribution in [0.3, 0.4) is 0 Å². The number of nitrogens with one attached hydrogen (secondary N) is 2. The number of hydrogen-bond acceptors (Lipinski definition) is 6. The largest absolute Gasteiger partial charge is 0.364 e. The molecule has 2 aromatic rings. The lowest BCUT2D eigenvalue weighted by molar-refractivity contribution is -0.383. The number of nitro groups is 1. The Kier molecular flexibility index (Phi) is 4.46. The van der Waals surface area contributed by atoms with Crippen LogP contribution in [0.15, 0.2) is 35.1 Å². The van der Waals surface area contributed by atoms with Crippen molar-refractivity contribution in [1.29, 1.82) is 0 Å². The highest BCUT2D eigenvalue weighted by Crippen LogP contribution is 2.31. The molecule has 0 saturated heterocycles. The SMILES string of the molecule is CCNc1ncnc(Nc2cccc(Br)c2)c1[N+](=O)[O-]. The number of halogens is 1. The molecule has 0 fully saturated rings. The highest BCUT2D eigenvalue weighted by Gasteiger charge is 2.22. The van der Waals surface area contributed by atoms with E-state index >= 15 is 0 Å². The molecule has 2 N–H and O–H groups in total. The van der Waals surface area contributed by atoms with Crippen molar-refractivity contribution in [2.24, 2.45) is 0 Å². The third-order valence-electron chi connectivity index (χ3n) is 2.44. The Morgan fingerprint density at radius 3 is 2.75 bits per heavy atom. The molecule has 0 aliphatic heterocycles. The standard InChI is InChI=1S/C12H12BrN5O2/c1-2-14-11-10(18(19)20)12(16-7-15-11)17-9-5-3-4-8(13)6-9/h3-7H,2H2,1H3,(H2,14,15,16,17). The molecule has 2 rings (SSSR count). The predicted molar refractivity (Wildman–Crippen MR) is 80.3 cm³/mol. The van der Waals surface area contributed by atoms with Crippen molar-refractivity contribution in [2.45, 2.75) is 6.92 Å². The van der Waals surface area contributed by atoms with Gasteiger partial charge in [0.05, 0.1) is 4.92 Å². The monoisotopic (exact) mass is 337 g/mol. The summed E-state index contributed by atoms with van der Waals surface area (Å²) >= 11 is 3.34. The Hall–Kier alpha value is -2.22. The van der Waals surface area contributed by atoms with E-state index in [1.54, 1.807) is 12.1 Å². The lowest BCUT2D eigenvalue weighted by Gasteiger charge is -2.09. The molecule has 1 heterocycles. The van der Waals surface area contributed by atoms with E-state index in [1.165, 1.54) is 6.33 Å². The van der Waals surface area contributed by atoms with Crippen molar-refractivity contribution in [3.8, 4) is 0 Å². The Morgan fingerprint density at radius 1 is 1.35 bits per heavy atom. The first-order valence-corrected chi connectivity index (χ1v) is 6.67. The maximum absolute atomic E-state index is 11.2. The van der Waals surface area contributed by atoms with E-state index in [9.17, 15) is 10.1 Å². The quantitative estimate of drug-likeness (QED) is 0.642. The smallest absolute Gasteiger partial charge is 0.353 e. The zero-order chi connectivity index (χ0) is 14.5. The van der Waals surface area contributed by atoms with E-state index in [4.69, 9.17) is 0 Å². The van der Waals surface area contributed by atoms with Gasteiger partial charge in [-0.3, -0.25) is 10.1 Å². The molecule has 0 amide bonds. The maximum atomic E-state index is 11.2. The van der Waals surface area contributed by atoms with Crippen LogP contribution >= 0.6 is 15.9 Å². The molecule has 104 valence electrons. The van der Waals surface area contributed by atoms with Crippen LogP contribution in [0, 0.1) is 10.1 Å². The minimum absolute atomic E-state index is 0.152. The average molecular weight is 338 g/mol. The van der Waals surface area contributed by atoms with Crippen LogP contribution < -0.4 is 10.6 Å². The molecular weight excluding hydrogens is 326 g/mol.